The summed E-state index contributed by atoms with van der Waals surface area (Å²) in [5, 5.41) is 8.95. The third kappa shape index (κ3) is 3.64. The second-order valence-corrected chi connectivity index (χ2v) is 3.76. The lowest BCUT2D eigenvalue weighted by molar-refractivity contribution is -0.123. The molecule has 16 heavy (non-hydrogen) atoms. The fourth-order valence-electron chi connectivity index (χ4n) is 1.54. The summed E-state index contributed by atoms with van der Waals surface area (Å²) in [4.78, 5) is 13.0. The number of amides is 1. The predicted molar refractivity (Wildman–Crippen MR) is 62.6 cm³/mol. The highest BCUT2D eigenvalue weighted by Crippen LogP contribution is 2.07. The molecule has 1 aromatic rings. The number of aliphatic hydroxyl groups excluding tert-OH is 1. The van der Waals surface area contributed by atoms with Gasteiger partial charge in [-0.15, -0.1) is 0 Å². The SMILES string of the molecule is CC(C(N)=O)N(CCO)Cc1ccccc1. The van der Waals surface area contributed by atoms with E-state index in [0.717, 1.165) is 5.56 Å². The van der Waals surface area contributed by atoms with Gasteiger partial charge < -0.3 is 10.8 Å². The fourth-order valence-corrected chi connectivity index (χ4v) is 1.54. The first-order chi connectivity index (χ1) is 7.65. The van der Waals surface area contributed by atoms with Crippen molar-refractivity contribution in [1.82, 2.24) is 4.90 Å². The molecule has 1 amide bonds. The average molecular weight is 222 g/mol. The second-order valence-electron chi connectivity index (χ2n) is 3.76. The highest BCUT2D eigenvalue weighted by molar-refractivity contribution is 5.79. The molecule has 1 aromatic carbocycles. The Bertz CT molecular complexity index is 327. The Kier molecular flexibility index (Phi) is 4.95. The summed E-state index contributed by atoms with van der Waals surface area (Å²) in [5.74, 6) is -0.371. The van der Waals surface area contributed by atoms with Crippen molar-refractivity contribution >= 4 is 5.91 Å². The van der Waals surface area contributed by atoms with E-state index in [2.05, 4.69) is 0 Å². The molecular formula is C12H18N2O2. The van der Waals surface area contributed by atoms with Crippen LogP contribution < -0.4 is 5.73 Å². The molecule has 1 rings (SSSR count). The maximum absolute atomic E-state index is 11.1. The summed E-state index contributed by atoms with van der Waals surface area (Å²) >= 11 is 0. The first kappa shape index (κ1) is 12.7. The highest BCUT2D eigenvalue weighted by Gasteiger charge is 2.18. The van der Waals surface area contributed by atoms with Crippen LogP contribution in [0, 0.1) is 0 Å². The molecule has 0 radical (unpaired) electrons. The number of aliphatic hydroxyl groups is 1. The van der Waals surface area contributed by atoms with Crippen LogP contribution in [0.15, 0.2) is 30.3 Å². The lowest BCUT2D eigenvalue weighted by Crippen LogP contribution is -2.43. The van der Waals surface area contributed by atoms with Gasteiger partial charge in [0.1, 0.15) is 0 Å². The number of hydrogen-bond acceptors (Lipinski definition) is 3. The summed E-state index contributed by atoms with van der Waals surface area (Å²) in [7, 11) is 0. The Hall–Kier alpha value is -1.39. The van der Waals surface area contributed by atoms with Gasteiger partial charge in [-0.05, 0) is 12.5 Å². The number of hydrogen-bond donors (Lipinski definition) is 2. The van der Waals surface area contributed by atoms with Gasteiger partial charge in [-0.1, -0.05) is 30.3 Å². The van der Waals surface area contributed by atoms with Gasteiger partial charge in [0, 0.05) is 13.1 Å². The van der Waals surface area contributed by atoms with Gasteiger partial charge in [-0.25, -0.2) is 0 Å². The van der Waals surface area contributed by atoms with Gasteiger partial charge in [0.05, 0.1) is 12.6 Å². The zero-order valence-corrected chi connectivity index (χ0v) is 9.47. The number of carbonyl (C=O) groups excluding carboxylic acids is 1. The van der Waals surface area contributed by atoms with Crippen molar-refractivity contribution in [3.8, 4) is 0 Å². The molecule has 0 saturated carbocycles. The molecule has 1 unspecified atom stereocenters. The molecular weight excluding hydrogens is 204 g/mol. The van der Waals surface area contributed by atoms with Gasteiger partial charge in [0.15, 0.2) is 0 Å². The van der Waals surface area contributed by atoms with Crippen LogP contribution >= 0.6 is 0 Å². The van der Waals surface area contributed by atoms with Crippen molar-refractivity contribution in [3.05, 3.63) is 35.9 Å². The van der Waals surface area contributed by atoms with Crippen LogP contribution in [-0.4, -0.2) is 35.1 Å². The van der Waals surface area contributed by atoms with Gasteiger partial charge in [-0.3, -0.25) is 9.69 Å². The minimum atomic E-state index is -0.371. The van der Waals surface area contributed by atoms with Crippen molar-refractivity contribution in [2.75, 3.05) is 13.2 Å². The van der Waals surface area contributed by atoms with Crippen LogP contribution in [0.25, 0.3) is 0 Å². The highest BCUT2D eigenvalue weighted by atomic mass is 16.3. The Morgan fingerprint density at radius 1 is 1.44 bits per heavy atom. The smallest absolute Gasteiger partial charge is 0.234 e. The molecule has 4 heteroatoms. The van der Waals surface area contributed by atoms with Crippen molar-refractivity contribution in [2.45, 2.75) is 19.5 Å². The van der Waals surface area contributed by atoms with Crippen LogP contribution in [-0.2, 0) is 11.3 Å². The quantitative estimate of drug-likeness (QED) is 0.730. The molecule has 4 nitrogen and oxygen atoms in total. The Morgan fingerprint density at radius 2 is 2.06 bits per heavy atom. The molecule has 1 atom stereocenters. The number of carbonyl (C=O) groups is 1. The van der Waals surface area contributed by atoms with Gasteiger partial charge in [-0.2, -0.15) is 0 Å². The molecule has 0 saturated heterocycles. The van der Waals surface area contributed by atoms with E-state index in [1.165, 1.54) is 0 Å². The first-order valence-corrected chi connectivity index (χ1v) is 5.33. The molecule has 0 heterocycles. The lowest BCUT2D eigenvalue weighted by atomic mass is 10.2. The molecule has 0 aliphatic rings. The van der Waals surface area contributed by atoms with Gasteiger partial charge in [0.25, 0.3) is 0 Å². The minimum absolute atomic E-state index is 0.0183. The van der Waals surface area contributed by atoms with Crippen LogP contribution in [0.1, 0.15) is 12.5 Å². The maximum atomic E-state index is 11.1. The number of nitrogens with zero attached hydrogens (tertiary/aromatic N) is 1. The number of nitrogens with two attached hydrogens (primary N) is 1. The van der Waals surface area contributed by atoms with Gasteiger partial charge in [0.2, 0.25) is 5.91 Å². The molecule has 0 aliphatic carbocycles. The number of rotatable bonds is 6. The van der Waals surface area contributed by atoms with Crippen LogP contribution in [0.3, 0.4) is 0 Å². The van der Waals surface area contributed by atoms with Gasteiger partial charge >= 0.3 is 0 Å². The van der Waals surface area contributed by atoms with Crippen molar-refractivity contribution < 1.29 is 9.90 Å². The summed E-state index contributed by atoms with van der Waals surface area (Å²) in [6, 6.07) is 9.43. The van der Waals surface area contributed by atoms with E-state index in [9.17, 15) is 4.79 Å². The van der Waals surface area contributed by atoms with Crippen molar-refractivity contribution in [3.63, 3.8) is 0 Å². The van der Waals surface area contributed by atoms with E-state index in [0.29, 0.717) is 13.1 Å². The summed E-state index contributed by atoms with van der Waals surface area (Å²) < 4.78 is 0. The van der Waals surface area contributed by atoms with Crippen molar-refractivity contribution in [1.29, 1.82) is 0 Å². The van der Waals surface area contributed by atoms with E-state index in [-0.39, 0.29) is 18.6 Å². The Morgan fingerprint density at radius 3 is 2.56 bits per heavy atom. The Labute approximate surface area is 95.7 Å². The Balaban J connectivity index is 2.68. The molecule has 88 valence electrons. The van der Waals surface area contributed by atoms with Crippen molar-refractivity contribution in [2.24, 2.45) is 5.73 Å². The predicted octanol–water partition coefficient (Wildman–Crippen LogP) is 0.355. The summed E-state index contributed by atoms with van der Waals surface area (Å²) in [6.45, 7) is 2.83. The standard InChI is InChI=1S/C12H18N2O2/c1-10(12(13)16)14(7-8-15)9-11-5-3-2-4-6-11/h2-6,10,15H,7-9H2,1H3,(H2,13,16). The molecule has 0 aromatic heterocycles. The molecule has 0 fully saturated rings. The van der Waals surface area contributed by atoms with Crippen LogP contribution in [0.5, 0.6) is 0 Å². The largest absolute Gasteiger partial charge is 0.395 e. The molecule has 0 aliphatic heterocycles. The van der Waals surface area contributed by atoms with E-state index >= 15 is 0 Å². The average Bonchev–Trinajstić information content (AvgIpc) is 2.29. The normalized spacial score (nSPS) is 12.7. The maximum Gasteiger partial charge on any atom is 0.234 e. The lowest BCUT2D eigenvalue weighted by Gasteiger charge is -2.26. The van der Waals surface area contributed by atoms with E-state index in [4.69, 9.17) is 10.8 Å². The zero-order valence-electron chi connectivity index (χ0n) is 9.47. The third-order valence-corrected chi connectivity index (χ3v) is 2.58. The summed E-state index contributed by atoms with van der Waals surface area (Å²) in [6.07, 6.45) is 0. The topological polar surface area (TPSA) is 66.6 Å². The minimum Gasteiger partial charge on any atom is -0.395 e. The van der Waals surface area contributed by atoms with Crippen LogP contribution in [0.2, 0.25) is 0 Å². The van der Waals surface area contributed by atoms with Crippen LogP contribution in [0.4, 0.5) is 0 Å². The van der Waals surface area contributed by atoms with E-state index < -0.39 is 0 Å². The molecule has 0 bridgehead atoms. The first-order valence-electron chi connectivity index (χ1n) is 5.33. The molecule has 0 spiro atoms. The fraction of sp³-hybridized carbons (Fsp3) is 0.417. The van der Waals surface area contributed by atoms with E-state index in [1.807, 2.05) is 35.2 Å². The van der Waals surface area contributed by atoms with E-state index in [1.54, 1.807) is 6.92 Å². The zero-order chi connectivity index (χ0) is 12.0. The summed E-state index contributed by atoms with van der Waals surface area (Å²) in [5.41, 5.74) is 6.36. The molecule has 3 N–H and O–H groups in total. The number of primary amides is 1. The second kappa shape index (κ2) is 6.25. The third-order valence-electron chi connectivity index (χ3n) is 2.58. The number of benzene rings is 1. The monoisotopic (exact) mass is 222 g/mol.